The van der Waals surface area contributed by atoms with E-state index in [0.717, 1.165) is 23.2 Å². The molecule has 74 valence electrons. The summed E-state index contributed by atoms with van der Waals surface area (Å²) >= 11 is 1.36. The van der Waals surface area contributed by atoms with Crippen molar-refractivity contribution in [1.82, 2.24) is 4.98 Å². The van der Waals surface area contributed by atoms with Crippen LogP contribution < -0.4 is 4.72 Å². The number of hydrogen-bond acceptors (Lipinski definition) is 4. The van der Waals surface area contributed by atoms with E-state index in [9.17, 15) is 8.42 Å². The summed E-state index contributed by atoms with van der Waals surface area (Å²) in [5, 5.41) is 0.455. The lowest BCUT2D eigenvalue weighted by Gasteiger charge is -1.95. The number of aryl methyl sites for hydroxylation is 2. The Morgan fingerprint density at radius 3 is 2.54 bits per heavy atom. The summed E-state index contributed by atoms with van der Waals surface area (Å²) in [5.41, 5.74) is 0.955. The number of thiazole rings is 1. The first kappa shape index (κ1) is 10.5. The second-order valence-corrected chi connectivity index (χ2v) is 5.70. The average molecular weight is 220 g/mol. The van der Waals surface area contributed by atoms with Gasteiger partial charge in [0, 0.05) is 4.88 Å². The average Bonchev–Trinajstić information content (AvgIpc) is 2.26. The molecule has 1 rings (SSSR count). The van der Waals surface area contributed by atoms with Gasteiger partial charge >= 0.3 is 0 Å². The van der Waals surface area contributed by atoms with Gasteiger partial charge in [0.1, 0.15) is 0 Å². The van der Waals surface area contributed by atoms with Crippen LogP contribution in [0.25, 0.3) is 0 Å². The predicted molar refractivity (Wildman–Crippen MR) is 54.7 cm³/mol. The molecule has 0 fully saturated rings. The normalized spacial score (nSPS) is 11.6. The molecule has 0 saturated carbocycles. The maximum atomic E-state index is 10.9. The Morgan fingerprint density at radius 1 is 1.54 bits per heavy atom. The molecule has 0 saturated heterocycles. The SMILES string of the molecule is CCc1nc(NS(C)(=O)=O)sc1C. The van der Waals surface area contributed by atoms with Crippen LogP contribution in [0, 0.1) is 6.92 Å². The Hall–Kier alpha value is -0.620. The Bertz CT molecular complexity index is 395. The zero-order valence-electron chi connectivity index (χ0n) is 7.79. The van der Waals surface area contributed by atoms with Gasteiger partial charge in [-0.15, -0.1) is 11.3 Å². The summed E-state index contributed by atoms with van der Waals surface area (Å²) in [5.74, 6) is 0. The van der Waals surface area contributed by atoms with Gasteiger partial charge in [0.15, 0.2) is 5.13 Å². The molecule has 6 heteroatoms. The summed E-state index contributed by atoms with van der Waals surface area (Å²) in [6.07, 6.45) is 1.95. The Morgan fingerprint density at radius 2 is 2.15 bits per heavy atom. The van der Waals surface area contributed by atoms with E-state index in [1.165, 1.54) is 11.3 Å². The molecule has 0 spiro atoms. The summed E-state index contributed by atoms with van der Waals surface area (Å²) in [6.45, 7) is 3.93. The highest BCUT2D eigenvalue weighted by Gasteiger charge is 2.08. The van der Waals surface area contributed by atoms with E-state index in [1.54, 1.807) is 0 Å². The third-order valence-electron chi connectivity index (χ3n) is 1.50. The second kappa shape index (κ2) is 3.63. The second-order valence-electron chi connectivity index (χ2n) is 2.75. The smallest absolute Gasteiger partial charge is 0.231 e. The first-order valence-corrected chi connectivity index (χ1v) is 6.57. The van der Waals surface area contributed by atoms with Crippen LogP contribution in [-0.4, -0.2) is 19.7 Å². The molecule has 0 unspecified atom stereocenters. The minimum atomic E-state index is -3.19. The Kier molecular flexibility index (Phi) is 2.92. The molecular weight excluding hydrogens is 208 g/mol. The van der Waals surface area contributed by atoms with Gasteiger partial charge in [-0.1, -0.05) is 6.92 Å². The van der Waals surface area contributed by atoms with Gasteiger partial charge in [0.05, 0.1) is 11.9 Å². The van der Waals surface area contributed by atoms with E-state index < -0.39 is 10.0 Å². The van der Waals surface area contributed by atoms with Crippen molar-refractivity contribution in [1.29, 1.82) is 0 Å². The van der Waals surface area contributed by atoms with E-state index in [2.05, 4.69) is 9.71 Å². The third-order valence-corrected chi connectivity index (χ3v) is 3.12. The number of hydrogen-bond donors (Lipinski definition) is 1. The van der Waals surface area contributed by atoms with Crippen LogP contribution in [0.4, 0.5) is 5.13 Å². The van der Waals surface area contributed by atoms with Gasteiger partial charge in [-0.25, -0.2) is 13.4 Å². The summed E-state index contributed by atoms with van der Waals surface area (Å²) < 4.78 is 24.1. The molecule has 1 aromatic rings. The molecular formula is C7H12N2O2S2. The van der Waals surface area contributed by atoms with Crippen molar-refractivity contribution in [2.24, 2.45) is 0 Å². The van der Waals surface area contributed by atoms with Crippen molar-refractivity contribution in [2.45, 2.75) is 20.3 Å². The number of anilines is 1. The molecule has 1 N–H and O–H groups in total. The molecule has 0 atom stereocenters. The Balaban J connectivity index is 2.92. The third kappa shape index (κ3) is 2.96. The zero-order chi connectivity index (χ0) is 10.1. The molecule has 0 aliphatic heterocycles. The zero-order valence-corrected chi connectivity index (χ0v) is 9.42. The Labute approximate surface area is 82.1 Å². The minimum absolute atomic E-state index is 0.455. The standard InChI is InChI=1S/C7H12N2O2S2/c1-4-6-5(2)12-7(8-6)9-13(3,10)11/h4H2,1-3H3,(H,8,9). The largest absolute Gasteiger partial charge is 0.259 e. The number of aromatic nitrogens is 1. The van der Waals surface area contributed by atoms with Crippen LogP contribution >= 0.6 is 11.3 Å². The molecule has 0 amide bonds. The topological polar surface area (TPSA) is 59.1 Å². The van der Waals surface area contributed by atoms with Gasteiger partial charge in [0.25, 0.3) is 0 Å². The lowest BCUT2D eigenvalue weighted by molar-refractivity contribution is 0.607. The lowest BCUT2D eigenvalue weighted by Crippen LogP contribution is -2.09. The molecule has 0 aliphatic rings. The fourth-order valence-electron chi connectivity index (χ4n) is 0.958. The van der Waals surface area contributed by atoms with Crippen LogP contribution in [0.1, 0.15) is 17.5 Å². The molecule has 0 aromatic carbocycles. The van der Waals surface area contributed by atoms with Crippen molar-refractivity contribution < 1.29 is 8.42 Å². The van der Waals surface area contributed by atoms with Crippen LogP contribution in [0.2, 0.25) is 0 Å². The molecule has 4 nitrogen and oxygen atoms in total. The van der Waals surface area contributed by atoms with Crippen molar-refractivity contribution in [3.05, 3.63) is 10.6 Å². The number of rotatable bonds is 3. The quantitative estimate of drug-likeness (QED) is 0.837. The van der Waals surface area contributed by atoms with Gasteiger partial charge in [-0.2, -0.15) is 0 Å². The maximum absolute atomic E-state index is 10.9. The first-order chi connectivity index (χ1) is 5.92. The lowest BCUT2D eigenvalue weighted by atomic mass is 10.3. The highest BCUT2D eigenvalue weighted by Crippen LogP contribution is 2.22. The molecule has 1 heterocycles. The molecule has 0 radical (unpaired) electrons. The monoisotopic (exact) mass is 220 g/mol. The fraction of sp³-hybridized carbons (Fsp3) is 0.571. The van der Waals surface area contributed by atoms with Crippen LogP contribution in [0.15, 0.2) is 0 Å². The molecule has 1 aromatic heterocycles. The van der Waals surface area contributed by atoms with E-state index in [4.69, 9.17) is 0 Å². The highest BCUT2D eigenvalue weighted by molar-refractivity contribution is 7.92. The predicted octanol–water partition coefficient (Wildman–Crippen LogP) is 1.39. The summed E-state index contributed by atoms with van der Waals surface area (Å²) in [4.78, 5) is 5.21. The maximum Gasteiger partial charge on any atom is 0.231 e. The minimum Gasteiger partial charge on any atom is -0.259 e. The van der Waals surface area contributed by atoms with Crippen LogP contribution in [-0.2, 0) is 16.4 Å². The first-order valence-electron chi connectivity index (χ1n) is 3.86. The van der Waals surface area contributed by atoms with Gasteiger partial charge in [0.2, 0.25) is 10.0 Å². The van der Waals surface area contributed by atoms with E-state index in [1.807, 2.05) is 13.8 Å². The fourth-order valence-corrected chi connectivity index (χ4v) is 2.70. The van der Waals surface area contributed by atoms with Crippen LogP contribution in [0.5, 0.6) is 0 Å². The van der Waals surface area contributed by atoms with Gasteiger partial charge in [-0.3, -0.25) is 4.72 Å². The van der Waals surface area contributed by atoms with Crippen molar-refractivity contribution >= 4 is 26.5 Å². The number of sulfonamides is 1. The number of nitrogens with zero attached hydrogens (tertiary/aromatic N) is 1. The summed E-state index contributed by atoms with van der Waals surface area (Å²) in [6, 6.07) is 0. The van der Waals surface area contributed by atoms with Crippen molar-refractivity contribution in [3.63, 3.8) is 0 Å². The van der Waals surface area contributed by atoms with Gasteiger partial charge in [-0.05, 0) is 13.3 Å². The van der Waals surface area contributed by atoms with E-state index >= 15 is 0 Å². The summed E-state index contributed by atoms with van der Waals surface area (Å²) in [7, 11) is -3.19. The van der Waals surface area contributed by atoms with Crippen LogP contribution in [0.3, 0.4) is 0 Å². The van der Waals surface area contributed by atoms with Crippen molar-refractivity contribution in [2.75, 3.05) is 11.0 Å². The van der Waals surface area contributed by atoms with Gasteiger partial charge < -0.3 is 0 Å². The van der Waals surface area contributed by atoms with Crippen molar-refractivity contribution in [3.8, 4) is 0 Å². The molecule has 0 aliphatic carbocycles. The molecule has 0 bridgehead atoms. The molecule has 13 heavy (non-hydrogen) atoms. The van der Waals surface area contributed by atoms with E-state index in [0.29, 0.717) is 5.13 Å². The van der Waals surface area contributed by atoms with E-state index in [-0.39, 0.29) is 0 Å². The highest BCUT2D eigenvalue weighted by atomic mass is 32.2. The number of nitrogens with one attached hydrogen (secondary N) is 1.